The number of hydrogen-bond donors (Lipinski definition) is 1. The maximum absolute atomic E-state index is 11.5. The second kappa shape index (κ2) is 7.75. The van der Waals surface area contributed by atoms with Crippen molar-refractivity contribution in [3.63, 3.8) is 0 Å². The number of hydrogen-bond acceptors (Lipinski definition) is 4. The standard InChI is InChI=1S/C15H19N3OS/c1-2-3-6-14(19)17-9-7-15-18-13(11-20-15)12-5-4-8-16-10-12/h4-5,8,10-11H,2-3,6-7,9H2,1H3,(H,17,19). The van der Waals surface area contributed by atoms with E-state index in [1.807, 2.05) is 23.7 Å². The molecule has 0 unspecified atom stereocenters. The summed E-state index contributed by atoms with van der Waals surface area (Å²) in [6.45, 7) is 2.74. The summed E-state index contributed by atoms with van der Waals surface area (Å²) in [5, 5.41) is 6.00. The number of carbonyl (C=O) groups is 1. The second-order valence-electron chi connectivity index (χ2n) is 4.57. The van der Waals surface area contributed by atoms with Crippen molar-refractivity contribution in [2.45, 2.75) is 32.6 Å². The zero-order chi connectivity index (χ0) is 14.2. The van der Waals surface area contributed by atoms with E-state index < -0.39 is 0 Å². The van der Waals surface area contributed by atoms with Crippen LogP contribution in [0.5, 0.6) is 0 Å². The van der Waals surface area contributed by atoms with Gasteiger partial charge < -0.3 is 5.32 Å². The molecule has 0 aromatic carbocycles. The summed E-state index contributed by atoms with van der Waals surface area (Å²) in [5.74, 6) is 0.135. The molecule has 0 aliphatic heterocycles. The number of aromatic nitrogens is 2. The van der Waals surface area contributed by atoms with E-state index in [0.29, 0.717) is 13.0 Å². The summed E-state index contributed by atoms with van der Waals surface area (Å²) in [4.78, 5) is 20.1. The van der Waals surface area contributed by atoms with Gasteiger partial charge in [-0.3, -0.25) is 9.78 Å². The van der Waals surface area contributed by atoms with Gasteiger partial charge in [-0.25, -0.2) is 4.98 Å². The molecule has 0 bridgehead atoms. The number of rotatable bonds is 7. The van der Waals surface area contributed by atoms with Gasteiger partial charge in [0.2, 0.25) is 5.91 Å². The van der Waals surface area contributed by atoms with E-state index in [4.69, 9.17) is 0 Å². The van der Waals surface area contributed by atoms with Crippen LogP contribution in [0.3, 0.4) is 0 Å². The Morgan fingerprint density at radius 3 is 3.10 bits per heavy atom. The first kappa shape index (κ1) is 14.7. The van der Waals surface area contributed by atoms with Crippen molar-refractivity contribution in [1.29, 1.82) is 0 Å². The molecule has 0 aliphatic carbocycles. The lowest BCUT2D eigenvalue weighted by Gasteiger charge is -2.02. The van der Waals surface area contributed by atoms with Crippen molar-refractivity contribution in [1.82, 2.24) is 15.3 Å². The number of pyridine rings is 1. The maximum Gasteiger partial charge on any atom is 0.220 e. The van der Waals surface area contributed by atoms with Crippen LogP contribution in [0.15, 0.2) is 29.9 Å². The van der Waals surface area contributed by atoms with Crippen molar-refractivity contribution in [3.8, 4) is 11.3 Å². The van der Waals surface area contributed by atoms with Crippen molar-refractivity contribution in [3.05, 3.63) is 34.9 Å². The molecule has 0 radical (unpaired) electrons. The lowest BCUT2D eigenvalue weighted by Crippen LogP contribution is -2.25. The number of amides is 1. The summed E-state index contributed by atoms with van der Waals surface area (Å²) >= 11 is 1.62. The van der Waals surface area contributed by atoms with Gasteiger partial charge in [-0.05, 0) is 18.6 Å². The summed E-state index contributed by atoms with van der Waals surface area (Å²) in [7, 11) is 0. The third kappa shape index (κ3) is 4.42. The molecule has 2 aromatic heterocycles. The molecule has 0 saturated heterocycles. The Balaban J connectivity index is 1.80. The minimum atomic E-state index is 0.135. The van der Waals surface area contributed by atoms with Crippen LogP contribution < -0.4 is 5.32 Å². The monoisotopic (exact) mass is 289 g/mol. The SMILES string of the molecule is CCCCC(=O)NCCc1nc(-c2cccnc2)cs1. The first-order valence-corrected chi connectivity index (χ1v) is 7.79. The quantitative estimate of drug-likeness (QED) is 0.852. The molecule has 5 heteroatoms. The predicted molar refractivity (Wildman–Crippen MR) is 81.6 cm³/mol. The molecule has 0 saturated carbocycles. The predicted octanol–water partition coefficient (Wildman–Crippen LogP) is 3.05. The summed E-state index contributed by atoms with van der Waals surface area (Å²) in [5.41, 5.74) is 1.98. The first-order chi connectivity index (χ1) is 9.79. The van der Waals surface area contributed by atoms with E-state index >= 15 is 0 Å². The van der Waals surface area contributed by atoms with Gasteiger partial charge in [-0.2, -0.15) is 0 Å². The third-order valence-electron chi connectivity index (χ3n) is 2.93. The van der Waals surface area contributed by atoms with E-state index in [2.05, 4.69) is 22.2 Å². The summed E-state index contributed by atoms with van der Waals surface area (Å²) < 4.78 is 0. The fraction of sp³-hybridized carbons (Fsp3) is 0.400. The molecule has 0 aliphatic rings. The van der Waals surface area contributed by atoms with Gasteiger partial charge in [-0.1, -0.05) is 13.3 Å². The van der Waals surface area contributed by atoms with E-state index in [1.54, 1.807) is 17.5 Å². The molecular formula is C15H19N3OS. The molecule has 1 amide bonds. The smallest absolute Gasteiger partial charge is 0.220 e. The molecule has 1 N–H and O–H groups in total. The van der Waals surface area contributed by atoms with Gasteiger partial charge in [-0.15, -0.1) is 11.3 Å². The van der Waals surface area contributed by atoms with Gasteiger partial charge in [0, 0.05) is 42.7 Å². The lowest BCUT2D eigenvalue weighted by molar-refractivity contribution is -0.121. The number of nitrogens with one attached hydrogen (secondary N) is 1. The fourth-order valence-corrected chi connectivity index (χ4v) is 2.61. The highest BCUT2D eigenvalue weighted by Gasteiger charge is 2.05. The molecule has 2 aromatic rings. The average molecular weight is 289 g/mol. The molecule has 106 valence electrons. The molecular weight excluding hydrogens is 270 g/mol. The van der Waals surface area contributed by atoms with Crippen LogP contribution in [-0.4, -0.2) is 22.4 Å². The zero-order valence-electron chi connectivity index (χ0n) is 11.6. The van der Waals surface area contributed by atoms with Crippen LogP contribution >= 0.6 is 11.3 Å². The minimum Gasteiger partial charge on any atom is -0.356 e. The Labute approximate surface area is 123 Å². The topological polar surface area (TPSA) is 54.9 Å². The van der Waals surface area contributed by atoms with Gasteiger partial charge >= 0.3 is 0 Å². The normalized spacial score (nSPS) is 10.4. The average Bonchev–Trinajstić information content (AvgIpc) is 2.95. The minimum absolute atomic E-state index is 0.135. The molecule has 0 atom stereocenters. The van der Waals surface area contributed by atoms with Crippen LogP contribution in [0.1, 0.15) is 31.2 Å². The van der Waals surface area contributed by atoms with Crippen molar-refractivity contribution in [2.75, 3.05) is 6.54 Å². The van der Waals surface area contributed by atoms with E-state index in [9.17, 15) is 4.79 Å². The van der Waals surface area contributed by atoms with Crippen LogP contribution in [-0.2, 0) is 11.2 Å². The van der Waals surface area contributed by atoms with Crippen molar-refractivity contribution >= 4 is 17.2 Å². The zero-order valence-corrected chi connectivity index (χ0v) is 12.4. The van der Waals surface area contributed by atoms with Crippen LogP contribution in [0.4, 0.5) is 0 Å². The largest absolute Gasteiger partial charge is 0.356 e. The van der Waals surface area contributed by atoms with Crippen LogP contribution in [0.2, 0.25) is 0 Å². The van der Waals surface area contributed by atoms with E-state index in [-0.39, 0.29) is 5.91 Å². The van der Waals surface area contributed by atoms with E-state index in [1.165, 1.54) is 0 Å². The molecule has 4 nitrogen and oxygen atoms in total. The number of nitrogens with zero attached hydrogens (tertiary/aromatic N) is 2. The highest BCUT2D eigenvalue weighted by Crippen LogP contribution is 2.20. The van der Waals surface area contributed by atoms with Crippen LogP contribution in [0.25, 0.3) is 11.3 Å². The first-order valence-electron chi connectivity index (χ1n) is 6.91. The number of thiazole rings is 1. The molecule has 0 spiro atoms. The van der Waals surface area contributed by atoms with Crippen molar-refractivity contribution < 1.29 is 4.79 Å². The van der Waals surface area contributed by atoms with Gasteiger partial charge in [0.05, 0.1) is 10.7 Å². The summed E-state index contributed by atoms with van der Waals surface area (Å²) in [6, 6.07) is 3.90. The van der Waals surface area contributed by atoms with Gasteiger partial charge in [0.15, 0.2) is 0 Å². The van der Waals surface area contributed by atoms with Gasteiger partial charge in [0.25, 0.3) is 0 Å². The Morgan fingerprint density at radius 1 is 1.45 bits per heavy atom. The maximum atomic E-state index is 11.5. The molecule has 0 fully saturated rings. The Morgan fingerprint density at radius 2 is 2.35 bits per heavy atom. The number of unbranched alkanes of at least 4 members (excludes halogenated alkanes) is 1. The third-order valence-corrected chi connectivity index (χ3v) is 3.84. The highest BCUT2D eigenvalue weighted by molar-refractivity contribution is 7.09. The number of carbonyl (C=O) groups excluding carboxylic acids is 1. The summed E-state index contributed by atoms with van der Waals surface area (Å²) in [6.07, 6.45) is 6.97. The van der Waals surface area contributed by atoms with Gasteiger partial charge in [0.1, 0.15) is 0 Å². The molecule has 2 rings (SSSR count). The second-order valence-corrected chi connectivity index (χ2v) is 5.51. The fourth-order valence-electron chi connectivity index (χ4n) is 1.81. The Hall–Kier alpha value is -1.75. The highest BCUT2D eigenvalue weighted by atomic mass is 32.1. The van der Waals surface area contributed by atoms with E-state index in [0.717, 1.165) is 35.5 Å². The molecule has 2 heterocycles. The Bertz CT molecular complexity index is 539. The van der Waals surface area contributed by atoms with Crippen LogP contribution in [0, 0.1) is 0 Å². The van der Waals surface area contributed by atoms with Crippen molar-refractivity contribution in [2.24, 2.45) is 0 Å². The Kier molecular flexibility index (Phi) is 5.68. The molecule has 20 heavy (non-hydrogen) atoms. The lowest BCUT2D eigenvalue weighted by atomic mass is 10.2.